The SMILES string of the molecule is [2H]n1nccc1C(C)C. The van der Waals surface area contributed by atoms with Crippen molar-refractivity contribution in [1.29, 1.82) is 0 Å². The summed E-state index contributed by atoms with van der Waals surface area (Å²) in [6, 6.07) is 1.86. The van der Waals surface area contributed by atoms with Gasteiger partial charge in [0.05, 0.1) is 0 Å². The molecule has 2 nitrogen and oxygen atoms in total. The molecule has 0 fully saturated rings. The van der Waals surface area contributed by atoms with Crippen molar-refractivity contribution in [3.63, 3.8) is 0 Å². The highest BCUT2D eigenvalue weighted by Gasteiger charge is 1.95. The van der Waals surface area contributed by atoms with Crippen molar-refractivity contribution >= 4 is 0 Å². The maximum atomic E-state index is 7.19. The van der Waals surface area contributed by atoms with Gasteiger partial charge in [0.15, 0.2) is 1.41 Å². The molecule has 0 aromatic carbocycles. The van der Waals surface area contributed by atoms with Crippen molar-refractivity contribution in [2.75, 3.05) is 0 Å². The maximum absolute atomic E-state index is 7.19. The highest BCUT2D eigenvalue weighted by molar-refractivity contribution is 5.01. The molecule has 1 aromatic heterocycles. The molecule has 0 amide bonds. The standard InChI is InChI=1S/C6H10N2/c1-5(2)6-3-4-7-8-6/h3-5H,1-2H3,(H,7,8)/i/hD. The number of rotatable bonds is 1. The topological polar surface area (TPSA) is 28.7 Å². The first-order chi connectivity index (χ1) is 4.22. The van der Waals surface area contributed by atoms with Gasteiger partial charge in [0.2, 0.25) is 0 Å². The zero-order valence-corrected chi connectivity index (χ0v) is 5.13. The highest BCUT2D eigenvalue weighted by atomic mass is 15.1. The number of hydrogen-bond donors (Lipinski definition) is 1. The van der Waals surface area contributed by atoms with Crippen molar-refractivity contribution < 1.29 is 1.41 Å². The summed E-state index contributed by atoms with van der Waals surface area (Å²) in [5.74, 6) is 0.394. The van der Waals surface area contributed by atoms with Crippen molar-refractivity contribution in [2.45, 2.75) is 19.8 Å². The van der Waals surface area contributed by atoms with Crippen LogP contribution in [0.3, 0.4) is 0 Å². The first-order valence-electron chi connectivity index (χ1n) is 3.19. The van der Waals surface area contributed by atoms with E-state index in [4.69, 9.17) is 1.41 Å². The lowest BCUT2D eigenvalue weighted by atomic mass is 10.1. The molecule has 0 atom stereocenters. The zero-order chi connectivity index (χ0) is 6.85. The quantitative estimate of drug-likeness (QED) is 0.585. The molecule has 8 heavy (non-hydrogen) atoms. The Morgan fingerprint density at radius 3 is 2.88 bits per heavy atom. The maximum Gasteiger partial charge on any atom is 0.190 e. The van der Waals surface area contributed by atoms with Crippen molar-refractivity contribution in [3.05, 3.63) is 18.0 Å². The normalized spacial score (nSPS) is 12.1. The lowest BCUT2D eigenvalue weighted by molar-refractivity contribution is 0.810. The minimum Gasteiger partial charge on any atom is -0.282 e. The van der Waals surface area contributed by atoms with Gasteiger partial charge in [-0.25, -0.2) is 0 Å². The van der Waals surface area contributed by atoms with Gasteiger partial charge in [-0.2, -0.15) is 5.10 Å². The lowest BCUT2D eigenvalue weighted by Crippen LogP contribution is -1.85. The number of hydrogen-bond acceptors (Lipinski definition) is 1. The Hall–Kier alpha value is -0.790. The molecule has 1 aromatic rings. The molecule has 0 unspecified atom stereocenters. The van der Waals surface area contributed by atoms with Gasteiger partial charge in [0.1, 0.15) is 0 Å². The second kappa shape index (κ2) is 1.99. The first kappa shape index (κ1) is 4.13. The van der Waals surface area contributed by atoms with Crippen LogP contribution in [0.15, 0.2) is 12.3 Å². The summed E-state index contributed by atoms with van der Waals surface area (Å²) in [4.78, 5) is 0. The third-order valence-corrected chi connectivity index (χ3v) is 1.08. The summed E-state index contributed by atoms with van der Waals surface area (Å²) in [6.07, 6.45) is 1.64. The molecule has 44 valence electrons. The van der Waals surface area contributed by atoms with Gasteiger partial charge in [0, 0.05) is 11.9 Å². The number of nitrogens with one attached hydrogen (secondary N) is 1. The monoisotopic (exact) mass is 111 g/mol. The molecule has 0 saturated heterocycles. The zero-order valence-electron chi connectivity index (χ0n) is 6.13. The van der Waals surface area contributed by atoms with Crippen LogP contribution in [-0.2, 0) is 0 Å². The third-order valence-electron chi connectivity index (χ3n) is 1.08. The smallest absolute Gasteiger partial charge is 0.190 e. The van der Waals surface area contributed by atoms with E-state index in [0.29, 0.717) is 5.92 Å². The summed E-state index contributed by atoms with van der Waals surface area (Å²) in [5, 5.41) is 4.88. The largest absolute Gasteiger partial charge is 0.282 e. The van der Waals surface area contributed by atoms with Crippen LogP contribution >= 0.6 is 0 Å². The molecule has 0 spiro atoms. The summed E-state index contributed by atoms with van der Waals surface area (Å²) >= 11 is 0. The average molecular weight is 111 g/mol. The Kier molecular flexibility index (Phi) is 1.02. The molecule has 1 N–H and O–H groups in total. The van der Waals surface area contributed by atoms with Crippen LogP contribution in [0, 0.1) is 0 Å². The molecule has 0 radical (unpaired) electrons. The van der Waals surface area contributed by atoms with Crippen LogP contribution in [0.25, 0.3) is 0 Å². The van der Waals surface area contributed by atoms with Gasteiger partial charge in [0.25, 0.3) is 0 Å². The average Bonchev–Trinajstić information content (AvgIpc) is 2.13. The Balaban J connectivity index is 2.94. The van der Waals surface area contributed by atoms with Crippen molar-refractivity contribution in [2.24, 2.45) is 0 Å². The van der Waals surface area contributed by atoms with Crippen molar-refractivity contribution in [3.8, 4) is 0 Å². The predicted octanol–water partition coefficient (Wildman–Crippen LogP) is 1.53. The van der Waals surface area contributed by atoms with E-state index in [1.54, 1.807) is 6.20 Å². The van der Waals surface area contributed by atoms with E-state index in [-0.39, 0.29) is 0 Å². The summed E-state index contributed by atoms with van der Waals surface area (Å²) in [5.41, 5.74) is 0.954. The molecular formula is C6H10N2. The summed E-state index contributed by atoms with van der Waals surface area (Å²) in [7, 11) is 0. The van der Waals surface area contributed by atoms with Gasteiger partial charge in [-0.1, -0.05) is 13.8 Å². The molecule has 1 heterocycles. The second-order valence-electron chi connectivity index (χ2n) is 2.11. The molecule has 0 aliphatic rings. The Morgan fingerprint density at radius 1 is 1.88 bits per heavy atom. The van der Waals surface area contributed by atoms with E-state index in [1.165, 1.54) is 0 Å². The van der Waals surface area contributed by atoms with Crippen LogP contribution in [0.2, 0.25) is 1.41 Å². The van der Waals surface area contributed by atoms with Gasteiger partial charge >= 0.3 is 0 Å². The van der Waals surface area contributed by atoms with E-state index >= 15 is 0 Å². The van der Waals surface area contributed by atoms with Crippen molar-refractivity contribution in [1.82, 2.24) is 10.2 Å². The number of H-pyrrole nitrogens is 1. The highest BCUT2D eigenvalue weighted by Crippen LogP contribution is 2.07. The van der Waals surface area contributed by atoms with Gasteiger partial charge in [-0.15, -0.1) is 0 Å². The van der Waals surface area contributed by atoms with E-state index < -0.39 is 0 Å². The summed E-state index contributed by atoms with van der Waals surface area (Å²) < 4.78 is 7.19. The Morgan fingerprint density at radius 2 is 2.62 bits per heavy atom. The lowest BCUT2D eigenvalue weighted by Gasteiger charge is -1.95. The first-order valence-corrected chi connectivity index (χ1v) is 2.75. The van der Waals surface area contributed by atoms with Crippen LogP contribution in [-0.4, -0.2) is 10.2 Å². The Labute approximate surface area is 50.4 Å². The molecule has 0 bridgehead atoms. The second-order valence-corrected chi connectivity index (χ2v) is 2.11. The number of aromatic nitrogens is 2. The molecule has 0 aliphatic heterocycles. The number of nitrogens with zero attached hydrogens (tertiary/aromatic N) is 1. The van der Waals surface area contributed by atoms with Gasteiger partial charge < -0.3 is 0 Å². The van der Waals surface area contributed by atoms with Gasteiger partial charge in [-0.3, -0.25) is 5.09 Å². The van der Waals surface area contributed by atoms with Crippen LogP contribution in [0.4, 0.5) is 0 Å². The molecule has 2 heteroatoms. The molecule has 0 saturated carbocycles. The molecule has 0 aliphatic carbocycles. The fourth-order valence-corrected chi connectivity index (χ4v) is 0.551. The van der Waals surface area contributed by atoms with E-state index in [1.807, 2.05) is 19.9 Å². The van der Waals surface area contributed by atoms with E-state index in [9.17, 15) is 0 Å². The fourth-order valence-electron chi connectivity index (χ4n) is 0.551. The fraction of sp³-hybridized carbons (Fsp3) is 0.500. The number of aromatic amines is 1. The van der Waals surface area contributed by atoms with Crippen LogP contribution in [0.5, 0.6) is 0 Å². The van der Waals surface area contributed by atoms with E-state index in [0.717, 1.165) is 10.8 Å². The van der Waals surface area contributed by atoms with Gasteiger partial charge in [-0.05, 0) is 12.0 Å². The van der Waals surface area contributed by atoms with Crippen LogP contribution < -0.4 is 0 Å². The minimum absolute atomic E-state index is 0.394. The van der Waals surface area contributed by atoms with Crippen LogP contribution in [0.1, 0.15) is 25.5 Å². The summed E-state index contributed by atoms with van der Waals surface area (Å²) in [6.45, 7) is 4.09. The van der Waals surface area contributed by atoms with E-state index in [2.05, 4.69) is 5.10 Å². The molecular weight excluding hydrogens is 100 g/mol. The predicted molar refractivity (Wildman–Crippen MR) is 32.7 cm³/mol. The minimum atomic E-state index is 0.394. The molecule has 1 rings (SSSR count). The Bertz CT molecular complexity index is 193. The third kappa shape index (κ3) is 0.886.